The van der Waals surface area contributed by atoms with Gasteiger partial charge in [0, 0.05) is 13.6 Å². The van der Waals surface area contributed by atoms with Gasteiger partial charge in [0.15, 0.2) is 11.6 Å². The highest BCUT2D eigenvalue weighted by molar-refractivity contribution is 5.77. The number of nitrogens with zero attached hydrogens (tertiary/aromatic N) is 2. The van der Waals surface area contributed by atoms with Crippen molar-refractivity contribution in [2.24, 2.45) is 0 Å². The molecule has 0 saturated heterocycles. The lowest BCUT2D eigenvalue weighted by molar-refractivity contribution is -0.128. The Hall–Kier alpha value is -2.09. The second-order valence-corrected chi connectivity index (χ2v) is 4.10. The van der Waals surface area contributed by atoms with Gasteiger partial charge in [0.25, 0.3) is 0 Å². The second kappa shape index (κ2) is 7.37. The van der Waals surface area contributed by atoms with E-state index in [1.807, 2.05) is 6.07 Å². The Bertz CT molecular complexity index is 483. The summed E-state index contributed by atoms with van der Waals surface area (Å²) in [5.74, 6) is -0.389. The molecule has 0 N–H and O–H groups in total. The lowest BCUT2D eigenvalue weighted by Gasteiger charge is -2.15. The van der Waals surface area contributed by atoms with Crippen LogP contribution in [-0.4, -0.2) is 31.0 Å². The molecule has 1 rings (SSSR count). The van der Waals surface area contributed by atoms with Crippen LogP contribution in [0.15, 0.2) is 18.2 Å². The maximum atomic E-state index is 13.6. The fraction of sp³-hybridized carbons (Fsp3) is 0.429. The van der Waals surface area contributed by atoms with E-state index in [0.29, 0.717) is 19.6 Å². The number of likely N-dealkylation sites (N-methyl/N-ethyl adjacent to an activating group) is 1. The van der Waals surface area contributed by atoms with Gasteiger partial charge in [-0.1, -0.05) is 6.07 Å². The zero-order valence-corrected chi connectivity index (χ0v) is 11.1. The lowest BCUT2D eigenvalue weighted by atomic mass is 10.1. The fourth-order valence-electron chi connectivity index (χ4n) is 1.60. The minimum atomic E-state index is -0.398. The summed E-state index contributed by atoms with van der Waals surface area (Å²) in [6.07, 6.45) is 0.408. The molecule has 0 aliphatic carbocycles. The highest BCUT2D eigenvalue weighted by Gasteiger charge is 2.09. The van der Waals surface area contributed by atoms with E-state index in [0.717, 1.165) is 5.56 Å². The van der Waals surface area contributed by atoms with E-state index in [1.165, 1.54) is 11.0 Å². The summed E-state index contributed by atoms with van der Waals surface area (Å²) in [4.78, 5) is 12.8. The van der Waals surface area contributed by atoms with Crippen LogP contribution in [0.25, 0.3) is 0 Å². The maximum Gasteiger partial charge on any atom is 0.236 e. The molecule has 1 aromatic carbocycles. The van der Waals surface area contributed by atoms with Gasteiger partial charge in [0.05, 0.1) is 12.7 Å². The first-order valence-electron chi connectivity index (χ1n) is 6.10. The van der Waals surface area contributed by atoms with E-state index in [4.69, 9.17) is 10.00 Å². The maximum absolute atomic E-state index is 13.6. The molecule has 0 bridgehead atoms. The second-order valence-electron chi connectivity index (χ2n) is 4.10. The minimum Gasteiger partial charge on any atom is -0.491 e. The van der Waals surface area contributed by atoms with Crippen LogP contribution in [0.5, 0.6) is 5.75 Å². The number of benzene rings is 1. The number of halogens is 1. The summed E-state index contributed by atoms with van der Waals surface area (Å²) in [5, 5.41) is 8.43. The van der Waals surface area contributed by atoms with Crippen molar-refractivity contribution in [3.05, 3.63) is 29.6 Å². The van der Waals surface area contributed by atoms with Crippen molar-refractivity contribution in [1.29, 1.82) is 5.26 Å². The first-order valence-corrected chi connectivity index (χ1v) is 6.10. The molecular weight excluding hydrogens is 247 g/mol. The molecule has 0 unspecified atom stereocenters. The van der Waals surface area contributed by atoms with Crippen molar-refractivity contribution in [2.45, 2.75) is 19.8 Å². The summed E-state index contributed by atoms with van der Waals surface area (Å²) in [5.41, 5.74) is 0.789. The normalized spacial score (nSPS) is 9.79. The topological polar surface area (TPSA) is 53.3 Å². The zero-order chi connectivity index (χ0) is 14.3. The van der Waals surface area contributed by atoms with E-state index in [1.54, 1.807) is 26.1 Å². The van der Waals surface area contributed by atoms with Gasteiger partial charge < -0.3 is 9.64 Å². The van der Waals surface area contributed by atoms with Gasteiger partial charge in [-0.05, 0) is 31.0 Å². The Labute approximate surface area is 112 Å². The molecule has 0 spiro atoms. The van der Waals surface area contributed by atoms with Gasteiger partial charge in [-0.15, -0.1) is 0 Å². The van der Waals surface area contributed by atoms with E-state index in [9.17, 15) is 9.18 Å². The molecule has 0 aliphatic heterocycles. The summed E-state index contributed by atoms with van der Waals surface area (Å²) in [7, 11) is 1.63. The third kappa shape index (κ3) is 4.59. The minimum absolute atomic E-state index is 0.131. The molecule has 0 fully saturated rings. The van der Waals surface area contributed by atoms with Gasteiger partial charge in [-0.25, -0.2) is 4.39 Å². The average Bonchev–Trinajstić information content (AvgIpc) is 2.39. The molecular formula is C14H17FN2O2. The van der Waals surface area contributed by atoms with E-state index < -0.39 is 5.82 Å². The number of hydrogen-bond donors (Lipinski definition) is 0. The van der Waals surface area contributed by atoms with Crippen LogP contribution in [0.4, 0.5) is 4.39 Å². The first kappa shape index (κ1) is 15.0. The molecule has 4 nitrogen and oxygen atoms in total. The summed E-state index contributed by atoms with van der Waals surface area (Å²) >= 11 is 0. The van der Waals surface area contributed by atoms with Gasteiger partial charge in [-0.3, -0.25) is 4.79 Å². The Morgan fingerprint density at radius 1 is 1.53 bits per heavy atom. The molecule has 0 saturated carbocycles. The molecule has 0 aliphatic rings. The van der Waals surface area contributed by atoms with Crippen molar-refractivity contribution in [1.82, 2.24) is 4.90 Å². The first-order chi connectivity index (χ1) is 9.08. The molecule has 5 heteroatoms. The third-order valence-corrected chi connectivity index (χ3v) is 2.69. The number of rotatable bonds is 6. The predicted molar refractivity (Wildman–Crippen MR) is 69.1 cm³/mol. The zero-order valence-electron chi connectivity index (χ0n) is 11.1. The van der Waals surface area contributed by atoms with Crippen molar-refractivity contribution >= 4 is 5.91 Å². The smallest absolute Gasteiger partial charge is 0.236 e. The number of amides is 1. The van der Waals surface area contributed by atoms with Crippen LogP contribution in [0.2, 0.25) is 0 Å². The van der Waals surface area contributed by atoms with Crippen LogP contribution in [-0.2, 0) is 11.2 Å². The van der Waals surface area contributed by atoms with E-state index >= 15 is 0 Å². The lowest BCUT2D eigenvalue weighted by Crippen LogP contribution is -2.28. The third-order valence-electron chi connectivity index (χ3n) is 2.69. The molecule has 1 aromatic rings. The number of nitriles is 1. The SMILES string of the molecule is CCOc1ccc(CCN(C)C(=O)CC#N)cc1F. The standard InChI is InChI=1S/C14H17FN2O2/c1-3-19-13-5-4-11(10-12(13)15)7-9-17(2)14(18)6-8-16/h4-5,10H,3,6-7,9H2,1-2H3. The van der Waals surface area contributed by atoms with Crippen LogP contribution in [0.1, 0.15) is 18.9 Å². The van der Waals surface area contributed by atoms with Gasteiger partial charge >= 0.3 is 0 Å². The van der Waals surface area contributed by atoms with Crippen LogP contribution >= 0.6 is 0 Å². The van der Waals surface area contributed by atoms with Crippen LogP contribution < -0.4 is 4.74 Å². The number of carbonyl (C=O) groups excluding carboxylic acids is 1. The van der Waals surface area contributed by atoms with Crippen molar-refractivity contribution < 1.29 is 13.9 Å². The van der Waals surface area contributed by atoms with Crippen molar-refractivity contribution in [2.75, 3.05) is 20.2 Å². The number of hydrogen-bond acceptors (Lipinski definition) is 3. The Kier molecular flexibility index (Phi) is 5.80. The monoisotopic (exact) mass is 264 g/mol. The van der Waals surface area contributed by atoms with Crippen LogP contribution in [0.3, 0.4) is 0 Å². The van der Waals surface area contributed by atoms with Gasteiger partial charge in [0.1, 0.15) is 6.42 Å². The van der Waals surface area contributed by atoms with Crippen LogP contribution in [0, 0.1) is 17.1 Å². The largest absolute Gasteiger partial charge is 0.491 e. The van der Waals surface area contributed by atoms with Gasteiger partial charge in [0.2, 0.25) is 5.91 Å². The fourth-order valence-corrected chi connectivity index (χ4v) is 1.60. The van der Waals surface area contributed by atoms with Crippen molar-refractivity contribution in [3.63, 3.8) is 0 Å². The molecule has 19 heavy (non-hydrogen) atoms. The molecule has 0 heterocycles. The molecule has 0 radical (unpaired) electrons. The average molecular weight is 264 g/mol. The highest BCUT2D eigenvalue weighted by Crippen LogP contribution is 2.18. The predicted octanol–water partition coefficient (Wildman–Crippen LogP) is 2.14. The molecule has 0 atom stereocenters. The van der Waals surface area contributed by atoms with Crippen molar-refractivity contribution in [3.8, 4) is 11.8 Å². The summed E-state index contributed by atoms with van der Waals surface area (Å²) < 4.78 is 18.7. The summed E-state index contributed by atoms with van der Waals surface area (Å²) in [6.45, 7) is 2.67. The Morgan fingerprint density at radius 2 is 2.26 bits per heavy atom. The Balaban J connectivity index is 2.57. The summed E-state index contributed by atoms with van der Waals surface area (Å²) in [6, 6.07) is 6.58. The molecule has 1 amide bonds. The van der Waals surface area contributed by atoms with E-state index in [2.05, 4.69) is 0 Å². The molecule has 0 aromatic heterocycles. The van der Waals surface area contributed by atoms with Gasteiger partial charge in [-0.2, -0.15) is 5.26 Å². The quantitative estimate of drug-likeness (QED) is 0.791. The highest BCUT2D eigenvalue weighted by atomic mass is 19.1. The number of carbonyl (C=O) groups is 1. The number of ether oxygens (including phenoxy) is 1. The van der Waals surface area contributed by atoms with E-state index in [-0.39, 0.29) is 18.1 Å². The Morgan fingerprint density at radius 3 is 2.84 bits per heavy atom. The molecule has 102 valence electrons.